The molecule has 7 nitrogen and oxygen atoms in total. The van der Waals surface area contributed by atoms with Gasteiger partial charge in [-0.25, -0.2) is 4.68 Å². The number of nitrogens with zero attached hydrogens (tertiary/aromatic N) is 3. The molecule has 2 amide bonds. The number of rotatable bonds is 8. The van der Waals surface area contributed by atoms with Crippen LogP contribution in [-0.4, -0.2) is 52.2 Å². The van der Waals surface area contributed by atoms with Gasteiger partial charge in [0.05, 0.1) is 22.8 Å². The SMILES string of the molecule is Cc1nn(-c2ccccc2)c(C)c1NC(=O)CCN1CCC(C(=O)NC(C)C(C)C)CC1. The second kappa shape index (κ2) is 10.8. The number of hydrogen-bond acceptors (Lipinski definition) is 4. The fraction of sp³-hybridized carbons (Fsp3) is 0.560. The molecule has 2 N–H and O–H groups in total. The molecule has 3 rings (SSSR count). The van der Waals surface area contributed by atoms with Crippen molar-refractivity contribution in [3.63, 3.8) is 0 Å². The summed E-state index contributed by atoms with van der Waals surface area (Å²) in [5.74, 6) is 0.680. The summed E-state index contributed by atoms with van der Waals surface area (Å²) in [6.45, 7) is 12.6. The molecule has 2 heterocycles. The number of anilines is 1. The summed E-state index contributed by atoms with van der Waals surface area (Å²) < 4.78 is 1.86. The molecule has 1 unspecified atom stereocenters. The highest BCUT2D eigenvalue weighted by Gasteiger charge is 2.26. The van der Waals surface area contributed by atoms with Gasteiger partial charge in [-0.2, -0.15) is 5.10 Å². The van der Waals surface area contributed by atoms with Gasteiger partial charge in [0.25, 0.3) is 0 Å². The van der Waals surface area contributed by atoms with Gasteiger partial charge in [-0.05, 0) is 64.8 Å². The zero-order chi connectivity index (χ0) is 23.3. The van der Waals surface area contributed by atoms with E-state index >= 15 is 0 Å². The molecular weight excluding hydrogens is 402 g/mol. The predicted octanol–water partition coefficient (Wildman–Crippen LogP) is 3.69. The molecule has 0 saturated carbocycles. The molecule has 1 aromatic heterocycles. The van der Waals surface area contributed by atoms with Gasteiger partial charge in [-0.1, -0.05) is 32.0 Å². The number of aromatic nitrogens is 2. The number of amides is 2. The van der Waals surface area contributed by atoms with E-state index in [0.29, 0.717) is 18.9 Å². The van der Waals surface area contributed by atoms with Crippen LogP contribution < -0.4 is 10.6 Å². The lowest BCUT2D eigenvalue weighted by Gasteiger charge is -2.32. The number of hydrogen-bond donors (Lipinski definition) is 2. The van der Waals surface area contributed by atoms with Crippen LogP contribution in [0.1, 0.15) is 51.4 Å². The average Bonchev–Trinajstić information content (AvgIpc) is 3.06. The second-order valence-corrected chi connectivity index (χ2v) is 9.25. The van der Waals surface area contributed by atoms with Gasteiger partial charge >= 0.3 is 0 Å². The molecule has 174 valence electrons. The van der Waals surface area contributed by atoms with Gasteiger partial charge in [0, 0.05) is 24.9 Å². The lowest BCUT2D eigenvalue weighted by atomic mass is 9.94. The summed E-state index contributed by atoms with van der Waals surface area (Å²) in [5.41, 5.74) is 3.49. The molecule has 1 saturated heterocycles. The third-order valence-corrected chi connectivity index (χ3v) is 6.54. The molecule has 1 atom stereocenters. The van der Waals surface area contributed by atoms with E-state index in [1.807, 2.05) is 48.9 Å². The Bertz CT molecular complexity index is 914. The van der Waals surface area contributed by atoms with E-state index in [4.69, 9.17) is 0 Å². The summed E-state index contributed by atoms with van der Waals surface area (Å²) >= 11 is 0. The average molecular weight is 440 g/mol. The Hall–Kier alpha value is -2.67. The minimum Gasteiger partial charge on any atom is -0.353 e. The van der Waals surface area contributed by atoms with Crippen molar-refractivity contribution in [2.24, 2.45) is 11.8 Å². The van der Waals surface area contributed by atoms with Crippen molar-refractivity contribution < 1.29 is 9.59 Å². The smallest absolute Gasteiger partial charge is 0.225 e. The van der Waals surface area contributed by atoms with E-state index in [1.165, 1.54) is 0 Å². The first-order chi connectivity index (χ1) is 15.3. The summed E-state index contributed by atoms with van der Waals surface area (Å²) in [4.78, 5) is 27.4. The molecule has 32 heavy (non-hydrogen) atoms. The van der Waals surface area contributed by atoms with E-state index in [1.54, 1.807) is 0 Å². The van der Waals surface area contributed by atoms with Crippen molar-refractivity contribution in [3.05, 3.63) is 41.7 Å². The minimum atomic E-state index is -0.00515. The molecule has 0 bridgehead atoms. The van der Waals surface area contributed by atoms with Crippen LogP contribution in [0.5, 0.6) is 0 Å². The number of carbonyl (C=O) groups excluding carboxylic acids is 2. The van der Waals surface area contributed by atoms with Crippen LogP contribution in [0.15, 0.2) is 30.3 Å². The van der Waals surface area contributed by atoms with Gasteiger partial charge in [-0.15, -0.1) is 0 Å². The fourth-order valence-corrected chi connectivity index (χ4v) is 4.03. The van der Waals surface area contributed by atoms with Crippen LogP contribution in [0.3, 0.4) is 0 Å². The van der Waals surface area contributed by atoms with Crippen LogP contribution in [0, 0.1) is 25.7 Å². The largest absolute Gasteiger partial charge is 0.353 e. The number of likely N-dealkylation sites (tertiary alicyclic amines) is 1. The molecule has 1 aliphatic rings. The molecule has 0 aliphatic carbocycles. The fourth-order valence-electron chi connectivity index (χ4n) is 4.03. The standard InChI is InChI=1S/C25H37N5O2/c1-17(2)18(3)26-25(32)21-11-14-29(15-12-21)16-13-23(31)27-24-19(4)28-30(20(24)5)22-9-7-6-8-10-22/h6-10,17-18,21H,11-16H2,1-5H3,(H,26,32)(H,27,31). The maximum atomic E-state index is 12.6. The van der Waals surface area contributed by atoms with Crippen molar-refractivity contribution in [3.8, 4) is 5.69 Å². The number of para-hydroxylation sites is 1. The second-order valence-electron chi connectivity index (χ2n) is 9.25. The zero-order valence-electron chi connectivity index (χ0n) is 20.0. The van der Waals surface area contributed by atoms with E-state index in [0.717, 1.165) is 48.7 Å². The van der Waals surface area contributed by atoms with E-state index in [-0.39, 0.29) is 23.8 Å². The normalized spacial score (nSPS) is 16.2. The molecule has 1 fully saturated rings. The van der Waals surface area contributed by atoms with Crippen LogP contribution in [0.4, 0.5) is 5.69 Å². The van der Waals surface area contributed by atoms with E-state index in [9.17, 15) is 9.59 Å². The Morgan fingerprint density at radius 3 is 2.38 bits per heavy atom. The highest BCUT2D eigenvalue weighted by molar-refractivity contribution is 5.92. The van der Waals surface area contributed by atoms with Crippen molar-refractivity contribution in [2.45, 2.75) is 59.9 Å². The maximum absolute atomic E-state index is 12.6. The molecule has 1 aromatic carbocycles. The molecule has 0 spiro atoms. The molecule has 2 aromatic rings. The van der Waals surface area contributed by atoms with Crippen LogP contribution in [0.25, 0.3) is 5.69 Å². The lowest BCUT2D eigenvalue weighted by molar-refractivity contribution is -0.127. The summed E-state index contributed by atoms with van der Waals surface area (Å²) in [5, 5.41) is 10.8. The molecule has 7 heteroatoms. The van der Waals surface area contributed by atoms with E-state index in [2.05, 4.69) is 41.4 Å². The van der Waals surface area contributed by atoms with Crippen molar-refractivity contribution in [2.75, 3.05) is 25.0 Å². The van der Waals surface area contributed by atoms with Crippen molar-refractivity contribution in [1.29, 1.82) is 0 Å². The molecular formula is C25H37N5O2. The predicted molar refractivity (Wildman–Crippen MR) is 128 cm³/mol. The highest BCUT2D eigenvalue weighted by atomic mass is 16.2. The lowest BCUT2D eigenvalue weighted by Crippen LogP contribution is -2.44. The van der Waals surface area contributed by atoms with Crippen molar-refractivity contribution >= 4 is 17.5 Å². The first-order valence-electron chi connectivity index (χ1n) is 11.7. The molecule has 1 aliphatic heterocycles. The topological polar surface area (TPSA) is 79.3 Å². The van der Waals surface area contributed by atoms with Crippen molar-refractivity contribution in [1.82, 2.24) is 20.0 Å². The molecule has 0 radical (unpaired) electrons. The van der Waals surface area contributed by atoms with Gasteiger partial charge < -0.3 is 15.5 Å². The Kier molecular flexibility index (Phi) is 8.07. The Balaban J connectivity index is 1.46. The Labute approximate surface area is 191 Å². The summed E-state index contributed by atoms with van der Waals surface area (Å²) in [6, 6.07) is 10.1. The monoisotopic (exact) mass is 439 g/mol. The quantitative estimate of drug-likeness (QED) is 0.657. The Morgan fingerprint density at radius 1 is 1.09 bits per heavy atom. The zero-order valence-corrected chi connectivity index (χ0v) is 20.0. The summed E-state index contributed by atoms with van der Waals surface area (Å²) in [7, 11) is 0. The van der Waals surface area contributed by atoms with Crippen LogP contribution in [-0.2, 0) is 9.59 Å². The third kappa shape index (κ3) is 5.97. The first-order valence-corrected chi connectivity index (χ1v) is 11.7. The number of piperidine rings is 1. The van der Waals surface area contributed by atoms with E-state index < -0.39 is 0 Å². The van der Waals surface area contributed by atoms with Crippen LogP contribution >= 0.6 is 0 Å². The maximum Gasteiger partial charge on any atom is 0.225 e. The van der Waals surface area contributed by atoms with Crippen LogP contribution in [0.2, 0.25) is 0 Å². The third-order valence-electron chi connectivity index (χ3n) is 6.54. The van der Waals surface area contributed by atoms with Gasteiger partial charge in [0.15, 0.2) is 0 Å². The Morgan fingerprint density at radius 2 is 1.75 bits per heavy atom. The van der Waals surface area contributed by atoms with Gasteiger partial charge in [0.2, 0.25) is 11.8 Å². The van der Waals surface area contributed by atoms with Gasteiger partial charge in [-0.3, -0.25) is 9.59 Å². The highest BCUT2D eigenvalue weighted by Crippen LogP contribution is 2.23. The number of nitrogens with one attached hydrogen (secondary N) is 2. The number of benzene rings is 1. The van der Waals surface area contributed by atoms with Gasteiger partial charge in [0.1, 0.15) is 0 Å². The summed E-state index contributed by atoms with van der Waals surface area (Å²) in [6.07, 6.45) is 2.12. The minimum absolute atomic E-state index is 0.00515. The number of aryl methyl sites for hydroxylation is 1. The number of carbonyl (C=O) groups is 2. The first kappa shape index (κ1) is 24.0.